The smallest absolute Gasteiger partial charge is 0.161 e. The Morgan fingerprint density at radius 2 is 2.04 bits per heavy atom. The molecule has 1 aromatic carbocycles. The molecule has 0 saturated carbocycles. The van der Waals surface area contributed by atoms with Crippen LogP contribution in [0.25, 0.3) is 10.9 Å². The first kappa shape index (κ1) is 15.8. The number of aromatic nitrogens is 1. The number of hydrogen-bond donors (Lipinski definition) is 1. The lowest BCUT2D eigenvalue weighted by Gasteiger charge is -2.39. The zero-order valence-corrected chi connectivity index (χ0v) is 15.2. The number of aryl methyl sites for hydroxylation is 1. The zero-order chi connectivity index (χ0) is 17.7. The molecule has 1 aromatic heterocycles. The molecule has 3 nitrogen and oxygen atoms in total. The third-order valence-electron chi connectivity index (χ3n) is 6.20. The second-order valence-electron chi connectivity index (χ2n) is 7.86. The minimum Gasteiger partial charge on any atom is -0.358 e. The Morgan fingerprint density at radius 3 is 2.88 bits per heavy atom. The highest BCUT2D eigenvalue weighted by atomic mass is 16.1. The number of carbonyl (C=O) groups is 1. The van der Waals surface area contributed by atoms with Crippen LogP contribution in [0.15, 0.2) is 47.7 Å². The van der Waals surface area contributed by atoms with Gasteiger partial charge in [0.1, 0.15) is 0 Å². The Kier molecular flexibility index (Phi) is 3.70. The second-order valence-corrected chi connectivity index (χ2v) is 7.86. The van der Waals surface area contributed by atoms with Gasteiger partial charge in [-0.25, -0.2) is 0 Å². The van der Waals surface area contributed by atoms with Gasteiger partial charge in [-0.05, 0) is 68.7 Å². The van der Waals surface area contributed by atoms with Crippen LogP contribution in [0, 0.1) is 12.8 Å². The fraction of sp³-hybridized carbons (Fsp3) is 0.391. The maximum Gasteiger partial charge on any atom is 0.161 e. The van der Waals surface area contributed by atoms with Gasteiger partial charge >= 0.3 is 0 Å². The highest BCUT2D eigenvalue weighted by molar-refractivity contribution is 6.02. The molecule has 0 unspecified atom stereocenters. The number of hydrogen-bond acceptors (Lipinski definition) is 3. The molecule has 0 radical (unpaired) electrons. The van der Waals surface area contributed by atoms with Crippen molar-refractivity contribution in [1.29, 1.82) is 0 Å². The Hall–Kier alpha value is -2.42. The van der Waals surface area contributed by atoms with Crippen molar-refractivity contribution >= 4 is 22.4 Å². The van der Waals surface area contributed by atoms with E-state index in [-0.39, 0.29) is 5.92 Å². The van der Waals surface area contributed by atoms with E-state index in [4.69, 9.17) is 4.98 Å². The molecule has 26 heavy (non-hydrogen) atoms. The predicted octanol–water partition coefficient (Wildman–Crippen LogP) is 5.42. The number of pyridine rings is 1. The van der Waals surface area contributed by atoms with E-state index >= 15 is 0 Å². The lowest BCUT2D eigenvalue weighted by atomic mass is 9.69. The van der Waals surface area contributed by atoms with E-state index < -0.39 is 0 Å². The van der Waals surface area contributed by atoms with Crippen LogP contribution in [0.1, 0.15) is 55.7 Å². The third-order valence-corrected chi connectivity index (χ3v) is 6.20. The molecule has 2 aromatic rings. The van der Waals surface area contributed by atoms with Crippen molar-refractivity contribution in [3.63, 3.8) is 0 Å². The van der Waals surface area contributed by atoms with Gasteiger partial charge in [-0.3, -0.25) is 9.78 Å². The van der Waals surface area contributed by atoms with E-state index in [1.165, 1.54) is 22.3 Å². The Labute approximate surface area is 154 Å². The molecule has 0 fully saturated rings. The number of benzene rings is 1. The molecule has 132 valence electrons. The molecular weight excluding hydrogens is 320 g/mol. The molecule has 2 heterocycles. The first-order chi connectivity index (χ1) is 12.7. The number of carbonyl (C=O) groups excluding carboxylic acids is 1. The fourth-order valence-electron chi connectivity index (χ4n) is 5.03. The summed E-state index contributed by atoms with van der Waals surface area (Å²) < 4.78 is 0. The van der Waals surface area contributed by atoms with Crippen LogP contribution in [0.3, 0.4) is 0 Å². The number of fused-ring (bicyclic) bond motifs is 3. The number of Topliss-reactive ketones (excluding diaryl/α,β-unsaturated/α-hetero) is 1. The molecule has 0 amide bonds. The van der Waals surface area contributed by atoms with E-state index in [0.29, 0.717) is 18.1 Å². The normalized spacial score (nSPS) is 25.0. The molecule has 2 aliphatic carbocycles. The second kappa shape index (κ2) is 6.08. The number of nitrogens with one attached hydrogen (secondary N) is 1. The van der Waals surface area contributed by atoms with Gasteiger partial charge < -0.3 is 5.32 Å². The van der Waals surface area contributed by atoms with Crippen LogP contribution in [0.4, 0.5) is 5.69 Å². The van der Waals surface area contributed by atoms with Crippen molar-refractivity contribution in [3.05, 3.63) is 58.9 Å². The summed E-state index contributed by atoms with van der Waals surface area (Å²) in [6.07, 6.45) is 10.6. The summed E-state index contributed by atoms with van der Waals surface area (Å²) in [6.45, 7) is 2.03. The Morgan fingerprint density at radius 1 is 1.12 bits per heavy atom. The zero-order valence-electron chi connectivity index (χ0n) is 15.2. The number of ketones is 1. The number of nitrogens with zero attached hydrogens (tertiary/aromatic N) is 1. The van der Waals surface area contributed by atoms with E-state index in [9.17, 15) is 4.79 Å². The summed E-state index contributed by atoms with van der Waals surface area (Å²) in [6, 6.07) is 8.57. The molecule has 0 spiro atoms. The van der Waals surface area contributed by atoms with Gasteiger partial charge in [-0.1, -0.05) is 18.2 Å². The highest BCUT2D eigenvalue weighted by Crippen LogP contribution is 2.50. The average molecular weight is 344 g/mol. The topological polar surface area (TPSA) is 42.0 Å². The summed E-state index contributed by atoms with van der Waals surface area (Å²) in [4.78, 5) is 17.7. The average Bonchev–Trinajstić information content (AvgIpc) is 2.67. The highest BCUT2D eigenvalue weighted by Gasteiger charge is 2.39. The first-order valence-corrected chi connectivity index (χ1v) is 9.81. The van der Waals surface area contributed by atoms with Crippen LogP contribution in [-0.2, 0) is 4.79 Å². The summed E-state index contributed by atoms with van der Waals surface area (Å²) in [5, 5.41) is 4.82. The van der Waals surface area contributed by atoms with Gasteiger partial charge in [0.2, 0.25) is 0 Å². The summed E-state index contributed by atoms with van der Waals surface area (Å²) >= 11 is 0. The molecule has 3 heteroatoms. The van der Waals surface area contributed by atoms with Crippen LogP contribution in [0.2, 0.25) is 0 Å². The third kappa shape index (κ3) is 2.41. The van der Waals surface area contributed by atoms with Crippen LogP contribution in [-0.4, -0.2) is 10.8 Å². The molecule has 0 bridgehead atoms. The standard InChI is InChI=1S/C23H24N2O/c1-14-10-11-16-17(24-14)12-13-19-22(16)21(15-6-3-2-4-7-15)23-18(25-19)8-5-9-20(23)26/h2-3,10-13,15,21,25H,4-9H2,1H3/t15-,21+/m0/s1. The molecule has 5 rings (SSSR count). The molecule has 3 aliphatic rings. The Bertz CT molecular complexity index is 970. The van der Waals surface area contributed by atoms with Crippen molar-refractivity contribution < 1.29 is 4.79 Å². The van der Waals surface area contributed by atoms with Crippen molar-refractivity contribution in [1.82, 2.24) is 4.98 Å². The van der Waals surface area contributed by atoms with E-state index in [0.717, 1.165) is 48.9 Å². The fourth-order valence-corrected chi connectivity index (χ4v) is 5.03. The van der Waals surface area contributed by atoms with Crippen LogP contribution < -0.4 is 5.32 Å². The number of allylic oxidation sites excluding steroid dienone is 4. The summed E-state index contributed by atoms with van der Waals surface area (Å²) in [5.74, 6) is 1.05. The lowest BCUT2D eigenvalue weighted by Crippen LogP contribution is -2.30. The number of anilines is 1. The van der Waals surface area contributed by atoms with Gasteiger partial charge in [0, 0.05) is 40.4 Å². The van der Waals surface area contributed by atoms with Crippen molar-refractivity contribution in [2.75, 3.05) is 5.32 Å². The molecule has 2 atom stereocenters. The van der Waals surface area contributed by atoms with Gasteiger partial charge in [-0.15, -0.1) is 0 Å². The van der Waals surface area contributed by atoms with E-state index in [1.807, 2.05) is 6.92 Å². The van der Waals surface area contributed by atoms with Gasteiger partial charge in [0.15, 0.2) is 5.78 Å². The van der Waals surface area contributed by atoms with Crippen molar-refractivity contribution in [2.24, 2.45) is 5.92 Å². The van der Waals surface area contributed by atoms with Crippen LogP contribution in [0.5, 0.6) is 0 Å². The van der Waals surface area contributed by atoms with Crippen molar-refractivity contribution in [3.8, 4) is 0 Å². The summed E-state index contributed by atoms with van der Waals surface area (Å²) in [5.41, 5.74) is 6.78. The van der Waals surface area contributed by atoms with E-state index in [2.05, 4.69) is 41.7 Å². The van der Waals surface area contributed by atoms with Crippen molar-refractivity contribution in [2.45, 2.75) is 51.4 Å². The maximum atomic E-state index is 13.0. The largest absolute Gasteiger partial charge is 0.358 e. The first-order valence-electron chi connectivity index (χ1n) is 9.81. The predicted molar refractivity (Wildman–Crippen MR) is 105 cm³/mol. The lowest BCUT2D eigenvalue weighted by molar-refractivity contribution is -0.116. The molecular formula is C23H24N2O. The minimum absolute atomic E-state index is 0.201. The monoisotopic (exact) mass is 344 g/mol. The van der Waals surface area contributed by atoms with Gasteiger partial charge in [0.25, 0.3) is 0 Å². The van der Waals surface area contributed by atoms with Gasteiger partial charge in [-0.2, -0.15) is 0 Å². The maximum absolute atomic E-state index is 13.0. The molecule has 1 aliphatic heterocycles. The minimum atomic E-state index is 0.201. The molecule has 1 N–H and O–H groups in total. The van der Waals surface area contributed by atoms with Crippen LogP contribution >= 0.6 is 0 Å². The summed E-state index contributed by atoms with van der Waals surface area (Å²) in [7, 11) is 0. The molecule has 0 saturated heterocycles. The van der Waals surface area contributed by atoms with Gasteiger partial charge in [0.05, 0.1) is 5.52 Å². The quantitative estimate of drug-likeness (QED) is 0.703. The Balaban J connectivity index is 1.76. The number of rotatable bonds is 1. The SMILES string of the molecule is Cc1ccc2c3c(ccc2n1)NC1=C(C(=O)CCC1)[C@@H]3[C@H]1CC=CCC1. The van der Waals surface area contributed by atoms with E-state index in [1.54, 1.807) is 0 Å².